The predicted molar refractivity (Wildman–Crippen MR) is 167 cm³/mol. The number of carbonyl (C=O) groups excluding carboxylic acids is 1. The molecule has 11 heteroatoms. The third-order valence-corrected chi connectivity index (χ3v) is 8.54. The van der Waals surface area contributed by atoms with Crippen LogP contribution in [0.3, 0.4) is 0 Å². The molecule has 1 fully saturated rings. The van der Waals surface area contributed by atoms with Crippen LogP contribution in [-0.4, -0.2) is 79.2 Å². The Morgan fingerprint density at radius 2 is 1.76 bits per heavy atom. The summed E-state index contributed by atoms with van der Waals surface area (Å²) in [6.45, 7) is 7.25. The Morgan fingerprint density at radius 3 is 2.51 bits per heavy atom. The Balaban J connectivity index is 1.14. The highest BCUT2D eigenvalue weighted by Gasteiger charge is 2.14. The third kappa shape index (κ3) is 8.07. The first-order valence-electron chi connectivity index (χ1n) is 13.8. The normalized spacial score (nSPS) is 14.2. The number of thiophene rings is 1. The Hall–Kier alpha value is -3.44. The number of piperazine rings is 1. The number of benzene rings is 2. The van der Waals surface area contributed by atoms with E-state index in [1.807, 2.05) is 30.3 Å². The van der Waals surface area contributed by atoms with Crippen LogP contribution in [-0.2, 0) is 13.1 Å². The summed E-state index contributed by atoms with van der Waals surface area (Å²) < 4.78 is 6.28. The number of fused-ring (bicyclic) bond motifs is 1. The number of methoxy groups -OCH3 is 1. The van der Waals surface area contributed by atoms with Gasteiger partial charge in [-0.1, -0.05) is 35.9 Å². The van der Waals surface area contributed by atoms with Crippen molar-refractivity contribution in [3.8, 4) is 16.3 Å². The minimum absolute atomic E-state index is 0.218. The van der Waals surface area contributed by atoms with E-state index < -0.39 is 0 Å². The number of halogens is 1. The molecule has 9 nitrogen and oxygen atoms in total. The number of nitrogens with zero attached hydrogens (tertiary/aromatic N) is 4. The fourth-order valence-corrected chi connectivity index (χ4v) is 6.05. The van der Waals surface area contributed by atoms with Crippen molar-refractivity contribution < 1.29 is 9.53 Å². The van der Waals surface area contributed by atoms with E-state index in [9.17, 15) is 4.79 Å². The second-order valence-electron chi connectivity index (χ2n) is 10.2. The first kappa shape index (κ1) is 29.1. The van der Waals surface area contributed by atoms with Gasteiger partial charge >= 0.3 is 6.03 Å². The smallest absolute Gasteiger partial charge is 0.315 e. The van der Waals surface area contributed by atoms with Gasteiger partial charge in [-0.3, -0.25) is 0 Å². The Bertz CT molecular complexity index is 1460. The van der Waals surface area contributed by atoms with Crippen molar-refractivity contribution in [1.29, 1.82) is 0 Å². The molecule has 1 aliphatic heterocycles. The predicted octanol–water partition coefficient (Wildman–Crippen LogP) is 5.07. The highest BCUT2D eigenvalue weighted by Crippen LogP contribution is 2.36. The van der Waals surface area contributed by atoms with E-state index in [2.05, 4.69) is 56.0 Å². The molecule has 4 aromatic rings. The topological polar surface area (TPSA) is 94.6 Å². The Morgan fingerprint density at radius 1 is 1.02 bits per heavy atom. The van der Waals surface area contributed by atoms with E-state index in [1.165, 1.54) is 0 Å². The molecule has 0 unspecified atom stereocenters. The molecule has 5 rings (SSSR count). The molecule has 41 heavy (non-hydrogen) atoms. The standard InChI is InChI=1S/C30H36ClN7O2S/c1-37-12-14-38(15-13-37)11-3-10-32-29-33-20-25(31)28(36-29)27-17-23-7-4-22(16-26(23)41-27)19-35-30(39)34-18-21-5-8-24(40-2)9-6-21/h4-9,16-17,20H,3,10-15,18-19H2,1-2H3,(H,32,33,36)(H2,34,35,39). The zero-order valence-corrected chi connectivity index (χ0v) is 25.0. The fourth-order valence-electron chi connectivity index (χ4n) is 4.67. The van der Waals surface area contributed by atoms with E-state index in [1.54, 1.807) is 24.6 Å². The molecule has 0 bridgehead atoms. The van der Waals surface area contributed by atoms with Crippen molar-refractivity contribution in [2.45, 2.75) is 19.5 Å². The van der Waals surface area contributed by atoms with E-state index in [0.717, 1.165) is 83.2 Å². The molecule has 2 amide bonds. The molecule has 2 aromatic heterocycles. The van der Waals surface area contributed by atoms with Crippen molar-refractivity contribution in [2.75, 3.05) is 58.7 Å². The van der Waals surface area contributed by atoms with Crippen molar-refractivity contribution in [1.82, 2.24) is 30.4 Å². The van der Waals surface area contributed by atoms with Gasteiger partial charge in [0.2, 0.25) is 5.95 Å². The van der Waals surface area contributed by atoms with Gasteiger partial charge in [0.1, 0.15) is 11.4 Å². The SMILES string of the molecule is COc1ccc(CNC(=O)NCc2ccc3cc(-c4nc(NCCCN5CCN(C)CC5)ncc4Cl)sc3c2)cc1. The maximum atomic E-state index is 12.3. The Kier molecular flexibility index (Phi) is 9.89. The molecule has 2 aromatic carbocycles. The zero-order valence-electron chi connectivity index (χ0n) is 23.5. The van der Waals surface area contributed by atoms with Gasteiger partial charge in [-0.2, -0.15) is 0 Å². The maximum Gasteiger partial charge on any atom is 0.315 e. The minimum atomic E-state index is -0.218. The lowest BCUT2D eigenvalue weighted by atomic mass is 10.1. The quantitative estimate of drug-likeness (QED) is 0.209. The molecule has 3 N–H and O–H groups in total. The van der Waals surface area contributed by atoms with Crippen LogP contribution in [0.2, 0.25) is 5.02 Å². The summed E-state index contributed by atoms with van der Waals surface area (Å²) in [6.07, 6.45) is 2.70. The lowest BCUT2D eigenvalue weighted by molar-refractivity contribution is 0.154. The van der Waals surface area contributed by atoms with Crippen molar-refractivity contribution in [2.24, 2.45) is 0 Å². The van der Waals surface area contributed by atoms with Crippen LogP contribution in [0.25, 0.3) is 20.7 Å². The zero-order chi connectivity index (χ0) is 28.6. The van der Waals surface area contributed by atoms with E-state index >= 15 is 0 Å². The maximum absolute atomic E-state index is 12.3. The van der Waals surface area contributed by atoms with Gasteiger partial charge < -0.3 is 30.5 Å². The van der Waals surface area contributed by atoms with Crippen LogP contribution in [0, 0.1) is 0 Å². The lowest BCUT2D eigenvalue weighted by Crippen LogP contribution is -2.44. The van der Waals surface area contributed by atoms with E-state index in [-0.39, 0.29) is 6.03 Å². The van der Waals surface area contributed by atoms with E-state index in [0.29, 0.717) is 24.1 Å². The number of hydrogen-bond acceptors (Lipinski definition) is 8. The number of nitrogens with one attached hydrogen (secondary N) is 3. The number of urea groups is 1. The molecule has 0 atom stereocenters. The highest BCUT2D eigenvalue weighted by atomic mass is 35.5. The first-order chi connectivity index (χ1) is 20.0. The number of anilines is 1. The van der Waals surface area contributed by atoms with Crippen LogP contribution in [0.5, 0.6) is 5.75 Å². The van der Waals surface area contributed by atoms with Gasteiger partial charge in [-0.15, -0.1) is 11.3 Å². The van der Waals surface area contributed by atoms with E-state index in [4.69, 9.17) is 21.3 Å². The van der Waals surface area contributed by atoms with Gasteiger partial charge in [-0.05, 0) is 60.8 Å². The van der Waals surface area contributed by atoms with Crippen molar-refractivity contribution >= 4 is 45.0 Å². The lowest BCUT2D eigenvalue weighted by Gasteiger charge is -2.32. The summed E-state index contributed by atoms with van der Waals surface area (Å²) in [5, 5.41) is 10.8. The number of rotatable bonds is 11. The second-order valence-corrected chi connectivity index (χ2v) is 11.7. The summed E-state index contributed by atoms with van der Waals surface area (Å²) in [6, 6.07) is 15.7. The highest BCUT2D eigenvalue weighted by molar-refractivity contribution is 7.22. The monoisotopic (exact) mass is 593 g/mol. The molecule has 0 radical (unpaired) electrons. The number of likely N-dealkylation sites (N-methyl/N-ethyl adjacent to an activating group) is 1. The number of aromatic nitrogens is 2. The summed E-state index contributed by atoms with van der Waals surface area (Å²) >= 11 is 8.15. The number of amides is 2. The average molecular weight is 594 g/mol. The molecule has 1 aliphatic rings. The molecule has 3 heterocycles. The van der Waals surface area contributed by atoms with Gasteiger partial charge in [0.05, 0.1) is 23.2 Å². The van der Waals surface area contributed by atoms with Crippen LogP contribution >= 0.6 is 22.9 Å². The largest absolute Gasteiger partial charge is 0.497 e. The van der Waals surface area contributed by atoms with Crippen molar-refractivity contribution in [3.63, 3.8) is 0 Å². The Labute approximate surface area is 249 Å². The number of ether oxygens (including phenoxy) is 1. The van der Waals surface area contributed by atoms with Crippen LogP contribution in [0.15, 0.2) is 54.7 Å². The summed E-state index contributed by atoms with van der Waals surface area (Å²) in [7, 11) is 3.81. The molecule has 0 spiro atoms. The molecule has 0 aliphatic carbocycles. The molecule has 0 saturated carbocycles. The van der Waals surface area contributed by atoms with Crippen molar-refractivity contribution in [3.05, 3.63) is 70.9 Å². The first-order valence-corrected chi connectivity index (χ1v) is 15.0. The average Bonchev–Trinajstić information content (AvgIpc) is 3.42. The summed E-state index contributed by atoms with van der Waals surface area (Å²) in [5.74, 6) is 1.38. The van der Waals surface area contributed by atoms with Gasteiger partial charge in [0, 0.05) is 50.5 Å². The third-order valence-electron chi connectivity index (χ3n) is 7.16. The molecule has 1 saturated heterocycles. The second kappa shape index (κ2) is 14.0. The van der Waals surface area contributed by atoms with Crippen LogP contribution in [0.4, 0.5) is 10.7 Å². The van der Waals surface area contributed by atoms with Gasteiger partial charge in [0.25, 0.3) is 0 Å². The summed E-state index contributed by atoms with van der Waals surface area (Å²) in [4.78, 5) is 27.3. The van der Waals surface area contributed by atoms with Gasteiger partial charge in [-0.25, -0.2) is 14.8 Å². The van der Waals surface area contributed by atoms with Crippen LogP contribution < -0.4 is 20.7 Å². The molecule has 216 valence electrons. The minimum Gasteiger partial charge on any atom is -0.497 e. The molecular formula is C30H36ClN7O2S. The van der Waals surface area contributed by atoms with Gasteiger partial charge in [0.15, 0.2) is 0 Å². The molecular weight excluding hydrogens is 558 g/mol. The fraction of sp³-hybridized carbons (Fsp3) is 0.367. The number of carbonyl (C=O) groups is 1. The number of hydrogen-bond donors (Lipinski definition) is 3. The summed E-state index contributed by atoms with van der Waals surface area (Å²) in [5.41, 5.74) is 2.74. The van der Waals surface area contributed by atoms with Crippen LogP contribution in [0.1, 0.15) is 17.5 Å².